The number of fused-ring (bicyclic) bond motifs is 4. The Bertz CT molecular complexity index is 1080. The third kappa shape index (κ3) is 1.93. The summed E-state index contributed by atoms with van der Waals surface area (Å²) in [5.74, 6) is 0. The van der Waals surface area contributed by atoms with Gasteiger partial charge in [-0.15, -0.1) is 0 Å². The minimum atomic E-state index is 1.05. The largest absolute Gasteiger partial charge is 0.0619 e. The highest BCUT2D eigenvalue weighted by Gasteiger charge is 2.22. The Morgan fingerprint density at radius 2 is 1.38 bits per heavy atom. The number of hydrogen-bond acceptors (Lipinski definition) is 0. The summed E-state index contributed by atoms with van der Waals surface area (Å²) >= 11 is 0. The lowest BCUT2D eigenvalue weighted by molar-refractivity contribution is 1.25. The van der Waals surface area contributed by atoms with Crippen LogP contribution in [0.1, 0.15) is 16.7 Å². The molecule has 0 radical (unpaired) electrons. The normalized spacial score (nSPS) is 12.2. The van der Waals surface area contributed by atoms with E-state index in [2.05, 4.69) is 85.8 Å². The van der Waals surface area contributed by atoms with Crippen molar-refractivity contribution in [2.45, 2.75) is 13.3 Å². The second kappa shape index (κ2) is 5.07. The Morgan fingerprint density at radius 3 is 2.33 bits per heavy atom. The Morgan fingerprint density at radius 1 is 0.625 bits per heavy atom. The van der Waals surface area contributed by atoms with Crippen molar-refractivity contribution in [1.29, 1.82) is 0 Å². The molecule has 0 aliphatic heterocycles. The molecule has 4 aromatic carbocycles. The summed E-state index contributed by atoms with van der Waals surface area (Å²) in [6, 6.07) is 28.8. The van der Waals surface area contributed by atoms with Gasteiger partial charge >= 0.3 is 0 Å². The summed E-state index contributed by atoms with van der Waals surface area (Å²) in [5, 5.41) is 2.63. The van der Waals surface area contributed by atoms with Gasteiger partial charge in [-0.25, -0.2) is 0 Å². The quantitative estimate of drug-likeness (QED) is 0.337. The maximum absolute atomic E-state index is 2.35. The molecule has 0 spiro atoms. The Hall–Kier alpha value is -2.86. The highest BCUT2D eigenvalue weighted by molar-refractivity contribution is 6.02. The Balaban J connectivity index is 1.88. The van der Waals surface area contributed by atoms with Gasteiger partial charge in [-0.3, -0.25) is 0 Å². The summed E-state index contributed by atoms with van der Waals surface area (Å²) in [4.78, 5) is 0. The molecule has 0 amide bonds. The van der Waals surface area contributed by atoms with Gasteiger partial charge in [0.05, 0.1) is 0 Å². The van der Waals surface area contributed by atoms with E-state index < -0.39 is 0 Å². The molecule has 0 N–H and O–H groups in total. The van der Waals surface area contributed by atoms with Crippen LogP contribution in [0.15, 0.2) is 78.9 Å². The molecule has 114 valence electrons. The molecule has 0 fully saturated rings. The second-order valence-electron chi connectivity index (χ2n) is 6.71. The van der Waals surface area contributed by atoms with Crippen molar-refractivity contribution in [3.8, 4) is 22.3 Å². The number of rotatable bonds is 1. The van der Waals surface area contributed by atoms with Gasteiger partial charge in [0.25, 0.3) is 0 Å². The lowest BCUT2D eigenvalue weighted by Crippen LogP contribution is -1.89. The average molecular weight is 306 g/mol. The van der Waals surface area contributed by atoms with Crippen LogP contribution in [-0.4, -0.2) is 0 Å². The van der Waals surface area contributed by atoms with Crippen LogP contribution in [0.2, 0.25) is 0 Å². The number of aryl methyl sites for hydroxylation is 1. The van der Waals surface area contributed by atoms with Gasteiger partial charge in [-0.05, 0) is 57.5 Å². The van der Waals surface area contributed by atoms with E-state index in [1.165, 1.54) is 49.7 Å². The van der Waals surface area contributed by atoms with Crippen molar-refractivity contribution in [2.24, 2.45) is 0 Å². The van der Waals surface area contributed by atoms with Gasteiger partial charge in [0, 0.05) is 0 Å². The van der Waals surface area contributed by atoms with E-state index in [0.717, 1.165) is 6.42 Å². The Labute approximate surface area is 142 Å². The van der Waals surface area contributed by atoms with Crippen molar-refractivity contribution < 1.29 is 0 Å². The van der Waals surface area contributed by atoms with Gasteiger partial charge in [0.15, 0.2) is 0 Å². The van der Waals surface area contributed by atoms with Crippen molar-refractivity contribution >= 4 is 10.8 Å². The van der Waals surface area contributed by atoms with E-state index in [1.807, 2.05) is 0 Å². The van der Waals surface area contributed by atoms with Crippen molar-refractivity contribution in [2.75, 3.05) is 0 Å². The van der Waals surface area contributed by atoms with Crippen LogP contribution in [0.3, 0.4) is 0 Å². The van der Waals surface area contributed by atoms with Crippen LogP contribution < -0.4 is 0 Å². The van der Waals surface area contributed by atoms with Crippen LogP contribution in [0, 0.1) is 6.92 Å². The topological polar surface area (TPSA) is 0 Å². The highest BCUT2D eigenvalue weighted by atomic mass is 14.3. The SMILES string of the molecule is Cc1cc2c(c(-c3cccc4ccccc34)c1)-c1ccccc1C2. The third-order valence-corrected chi connectivity index (χ3v) is 5.11. The Kier molecular flexibility index (Phi) is 2.87. The van der Waals surface area contributed by atoms with Gasteiger partial charge < -0.3 is 0 Å². The molecule has 0 bridgehead atoms. The van der Waals surface area contributed by atoms with Gasteiger partial charge in [0.1, 0.15) is 0 Å². The van der Waals surface area contributed by atoms with Crippen molar-refractivity contribution in [3.05, 3.63) is 95.6 Å². The maximum atomic E-state index is 2.35. The molecule has 4 aromatic rings. The molecule has 0 heterocycles. The maximum Gasteiger partial charge on any atom is -0.00131 e. The molecule has 0 atom stereocenters. The standard InChI is InChI=1S/C24H18/c1-16-13-19-15-18-8-3-5-11-21(18)24(19)23(14-16)22-12-6-9-17-7-2-4-10-20(17)22/h2-14H,15H2,1H3. The first-order valence-electron chi connectivity index (χ1n) is 8.51. The fourth-order valence-corrected chi connectivity index (χ4v) is 4.12. The summed E-state index contributed by atoms with van der Waals surface area (Å²) in [5.41, 5.74) is 9.77. The lowest BCUT2D eigenvalue weighted by atomic mass is 9.90. The van der Waals surface area contributed by atoms with Gasteiger partial charge in [-0.1, -0.05) is 84.4 Å². The monoisotopic (exact) mass is 306 g/mol. The van der Waals surface area contributed by atoms with Gasteiger partial charge in [-0.2, -0.15) is 0 Å². The molecule has 0 saturated carbocycles. The van der Waals surface area contributed by atoms with Crippen LogP contribution in [0.25, 0.3) is 33.0 Å². The summed E-state index contributed by atoms with van der Waals surface area (Å²) in [6.07, 6.45) is 1.05. The van der Waals surface area contributed by atoms with Crippen LogP contribution >= 0.6 is 0 Å². The van der Waals surface area contributed by atoms with Crippen LogP contribution in [-0.2, 0) is 6.42 Å². The fourth-order valence-electron chi connectivity index (χ4n) is 4.12. The van der Waals surface area contributed by atoms with Crippen molar-refractivity contribution in [1.82, 2.24) is 0 Å². The molecule has 0 nitrogen and oxygen atoms in total. The molecular weight excluding hydrogens is 288 g/mol. The van der Waals surface area contributed by atoms with Gasteiger partial charge in [0.2, 0.25) is 0 Å². The first kappa shape index (κ1) is 13.6. The van der Waals surface area contributed by atoms with E-state index >= 15 is 0 Å². The third-order valence-electron chi connectivity index (χ3n) is 5.11. The number of benzene rings is 4. The molecule has 0 heteroatoms. The fraction of sp³-hybridized carbons (Fsp3) is 0.0833. The predicted octanol–water partition coefficient (Wildman–Crippen LogP) is 6.39. The highest BCUT2D eigenvalue weighted by Crippen LogP contribution is 2.45. The van der Waals surface area contributed by atoms with Crippen molar-refractivity contribution in [3.63, 3.8) is 0 Å². The summed E-state index contributed by atoms with van der Waals surface area (Å²) in [6.45, 7) is 2.21. The smallest absolute Gasteiger partial charge is 0.00131 e. The second-order valence-corrected chi connectivity index (χ2v) is 6.71. The molecule has 5 rings (SSSR count). The summed E-state index contributed by atoms with van der Waals surface area (Å²) < 4.78 is 0. The predicted molar refractivity (Wildman–Crippen MR) is 102 cm³/mol. The average Bonchev–Trinajstić information content (AvgIpc) is 2.98. The van der Waals surface area contributed by atoms with E-state index in [1.54, 1.807) is 0 Å². The lowest BCUT2D eigenvalue weighted by Gasteiger charge is -2.14. The van der Waals surface area contributed by atoms with Crippen LogP contribution in [0.5, 0.6) is 0 Å². The molecule has 0 aromatic heterocycles. The molecular formula is C24H18. The molecule has 24 heavy (non-hydrogen) atoms. The number of hydrogen-bond donors (Lipinski definition) is 0. The van der Waals surface area contributed by atoms with E-state index in [4.69, 9.17) is 0 Å². The zero-order valence-corrected chi connectivity index (χ0v) is 13.7. The molecule has 0 saturated heterocycles. The zero-order valence-electron chi connectivity index (χ0n) is 13.7. The first-order valence-corrected chi connectivity index (χ1v) is 8.51. The van der Waals surface area contributed by atoms with E-state index in [9.17, 15) is 0 Å². The van der Waals surface area contributed by atoms with E-state index in [-0.39, 0.29) is 0 Å². The summed E-state index contributed by atoms with van der Waals surface area (Å²) in [7, 11) is 0. The molecule has 1 aliphatic rings. The zero-order chi connectivity index (χ0) is 16.1. The minimum Gasteiger partial charge on any atom is -0.0619 e. The van der Waals surface area contributed by atoms with Crippen LogP contribution in [0.4, 0.5) is 0 Å². The first-order chi connectivity index (χ1) is 11.8. The molecule has 1 aliphatic carbocycles. The van der Waals surface area contributed by atoms with E-state index in [0.29, 0.717) is 0 Å². The molecule has 0 unspecified atom stereocenters. The minimum absolute atomic E-state index is 1.05.